The van der Waals surface area contributed by atoms with Gasteiger partial charge in [-0.25, -0.2) is 9.79 Å². The highest BCUT2D eigenvalue weighted by atomic mass is 32.1. The van der Waals surface area contributed by atoms with Gasteiger partial charge in [0.2, 0.25) is 0 Å². The van der Waals surface area contributed by atoms with Gasteiger partial charge < -0.3 is 18.6 Å². The molecule has 0 aliphatic carbocycles. The minimum Gasteiger partial charge on any atom is -0.493 e. The molecule has 5 aromatic rings. The first kappa shape index (κ1) is 31.2. The predicted octanol–water partition coefficient (Wildman–Crippen LogP) is 5.43. The summed E-state index contributed by atoms with van der Waals surface area (Å²) >= 11 is 1.13. The second kappa shape index (κ2) is 12.9. The van der Waals surface area contributed by atoms with Gasteiger partial charge in [0.25, 0.3) is 11.2 Å². The molecule has 0 N–H and O–H groups in total. The maximum absolute atomic E-state index is 14.2. The van der Waals surface area contributed by atoms with Crippen molar-refractivity contribution in [1.82, 2.24) is 4.57 Å². The van der Waals surface area contributed by atoms with Crippen molar-refractivity contribution in [2.75, 3.05) is 20.8 Å². The number of ether oxygens (including phenoxy) is 3. The molecule has 3 heterocycles. The lowest BCUT2D eigenvalue weighted by Gasteiger charge is -2.26. The van der Waals surface area contributed by atoms with E-state index in [9.17, 15) is 19.7 Å². The zero-order chi connectivity index (χ0) is 33.2. The third-order valence-corrected chi connectivity index (χ3v) is 8.60. The van der Waals surface area contributed by atoms with Gasteiger partial charge in [-0.15, -0.1) is 0 Å². The third kappa shape index (κ3) is 5.86. The number of furan rings is 1. The fourth-order valence-electron chi connectivity index (χ4n) is 5.48. The van der Waals surface area contributed by atoms with Crippen LogP contribution in [0.3, 0.4) is 0 Å². The highest BCUT2D eigenvalue weighted by Gasteiger charge is 2.35. The van der Waals surface area contributed by atoms with Crippen molar-refractivity contribution in [3.05, 3.63) is 137 Å². The van der Waals surface area contributed by atoms with Gasteiger partial charge in [0.1, 0.15) is 11.5 Å². The summed E-state index contributed by atoms with van der Waals surface area (Å²) in [4.78, 5) is 44.4. The maximum Gasteiger partial charge on any atom is 0.338 e. The molecule has 0 fully saturated rings. The first-order valence-corrected chi connectivity index (χ1v) is 15.4. The van der Waals surface area contributed by atoms with Gasteiger partial charge in [-0.05, 0) is 55.3 Å². The normalized spacial score (nSPS) is 14.4. The molecular formula is C35H29N3O8S. The molecule has 0 saturated heterocycles. The maximum atomic E-state index is 14.2. The number of methoxy groups -OCH3 is 2. The summed E-state index contributed by atoms with van der Waals surface area (Å²) in [6.07, 6.45) is 1.56. The van der Waals surface area contributed by atoms with Crippen molar-refractivity contribution in [3.63, 3.8) is 0 Å². The van der Waals surface area contributed by atoms with Crippen LogP contribution >= 0.6 is 11.3 Å². The number of carbonyl (C=O) groups excluding carboxylic acids is 1. The number of hydrogen-bond acceptors (Lipinski definition) is 10. The molecule has 2 aromatic heterocycles. The lowest BCUT2D eigenvalue weighted by Crippen LogP contribution is -2.40. The van der Waals surface area contributed by atoms with Crippen molar-refractivity contribution in [2.24, 2.45) is 4.99 Å². The van der Waals surface area contributed by atoms with Crippen LogP contribution in [0.25, 0.3) is 23.1 Å². The van der Waals surface area contributed by atoms with Crippen molar-refractivity contribution in [2.45, 2.75) is 19.9 Å². The zero-order valence-electron chi connectivity index (χ0n) is 25.9. The van der Waals surface area contributed by atoms with E-state index in [1.54, 1.807) is 62.4 Å². The van der Waals surface area contributed by atoms with Gasteiger partial charge in [-0.1, -0.05) is 53.8 Å². The predicted molar refractivity (Wildman–Crippen MR) is 176 cm³/mol. The fourth-order valence-corrected chi connectivity index (χ4v) is 6.47. The summed E-state index contributed by atoms with van der Waals surface area (Å²) in [7, 11) is 3.03. The van der Waals surface area contributed by atoms with Gasteiger partial charge in [0, 0.05) is 17.7 Å². The summed E-state index contributed by atoms with van der Waals surface area (Å²) in [5, 5.41) is 11.7. The molecule has 1 aliphatic rings. The minimum absolute atomic E-state index is 0.0832. The first-order chi connectivity index (χ1) is 22.7. The summed E-state index contributed by atoms with van der Waals surface area (Å²) in [6, 6.07) is 21.6. The number of nitro groups is 1. The smallest absolute Gasteiger partial charge is 0.338 e. The molecule has 0 saturated carbocycles. The molecule has 0 amide bonds. The van der Waals surface area contributed by atoms with Crippen LogP contribution < -0.4 is 24.4 Å². The van der Waals surface area contributed by atoms with E-state index in [0.29, 0.717) is 44.4 Å². The van der Waals surface area contributed by atoms with Crippen molar-refractivity contribution in [3.8, 4) is 22.8 Å². The number of aromatic nitrogens is 1. The SMILES string of the molecule is CCOC(=O)C1=C(c2ccccc2)N=c2s/c(=C\c3ccc(-c4ccc(C)cc4[N+](=O)[O-])o3)c(=O)n2[C@H]1c1ccc(OC)c(OC)c1. The van der Waals surface area contributed by atoms with Crippen LogP contribution in [0.5, 0.6) is 11.5 Å². The number of thiazole rings is 1. The van der Waals surface area contributed by atoms with Crippen LogP contribution in [0, 0.1) is 17.0 Å². The molecule has 238 valence electrons. The van der Waals surface area contributed by atoms with Crippen LogP contribution in [0.4, 0.5) is 5.69 Å². The molecule has 0 unspecified atom stereocenters. The quantitative estimate of drug-likeness (QED) is 0.117. The van der Waals surface area contributed by atoms with Crippen LogP contribution in [0.15, 0.2) is 98.6 Å². The second-order valence-electron chi connectivity index (χ2n) is 10.5. The number of esters is 1. The Hall–Kier alpha value is -5.75. The highest BCUT2D eigenvalue weighted by molar-refractivity contribution is 7.07. The third-order valence-electron chi connectivity index (χ3n) is 7.61. The van der Waals surface area contributed by atoms with E-state index in [-0.39, 0.29) is 28.2 Å². The molecule has 6 rings (SSSR count). The number of aryl methyl sites for hydroxylation is 1. The molecule has 0 spiro atoms. The summed E-state index contributed by atoms with van der Waals surface area (Å²) < 4.78 is 24.3. The average Bonchev–Trinajstić information content (AvgIpc) is 3.67. The summed E-state index contributed by atoms with van der Waals surface area (Å²) in [5.74, 6) is 0.892. The topological polar surface area (TPSA) is 135 Å². The number of nitrogens with zero attached hydrogens (tertiary/aromatic N) is 3. The van der Waals surface area contributed by atoms with Crippen LogP contribution in [0.2, 0.25) is 0 Å². The van der Waals surface area contributed by atoms with Crippen molar-refractivity contribution < 1.29 is 28.3 Å². The van der Waals surface area contributed by atoms with E-state index in [4.69, 9.17) is 23.6 Å². The molecule has 3 aromatic carbocycles. The zero-order valence-corrected chi connectivity index (χ0v) is 26.7. The lowest BCUT2D eigenvalue weighted by molar-refractivity contribution is -0.384. The van der Waals surface area contributed by atoms with Crippen molar-refractivity contribution in [1.29, 1.82) is 0 Å². The fraction of sp³-hybridized carbons (Fsp3) is 0.171. The monoisotopic (exact) mass is 651 g/mol. The van der Waals surface area contributed by atoms with E-state index in [1.165, 1.54) is 24.9 Å². The Morgan fingerprint density at radius 2 is 1.81 bits per heavy atom. The highest BCUT2D eigenvalue weighted by Crippen LogP contribution is 2.38. The number of hydrogen-bond donors (Lipinski definition) is 0. The molecule has 1 aliphatic heterocycles. The number of benzene rings is 3. The summed E-state index contributed by atoms with van der Waals surface area (Å²) in [5.41, 5.74) is 2.39. The molecule has 0 radical (unpaired) electrons. The lowest BCUT2D eigenvalue weighted by atomic mass is 9.93. The van der Waals surface area contributed by atoms with E-state index in [2.05, 4.69) is 0 Å². The molecule has 12 heteroatoms. The van der Waals surface area contributed by atoms with E-state index in [0.717, 1.165) is 16.9 Å². The van der Waals surface area contributed by atoms with Gasteiger partial charge in [-0.3, -0.25) is 19.5 Å². The number of carbonyl (C=O) groups is 1. The van der Waals surface area contributed by atoms with E-state index < -0.39 is 22.5 Å². The van der Waals surface area contributed by atoms with Gasteiger partial charge in [-0.2, -0.15) is 0 Å². The van der Waals surface area contributed by atoms with Gasteiger partial charge >= 0.3 is 5.97 Å². The molecule has 47 heavy (non-hydrogen) atoms. The van der Waals surface area contributed by atoms with E-state index >= 15 is 0 Å². The Kier molecular flexibility index (Phi) is 8.59. The van der Waals surface area contributed by atoms with Crippen LogP contribution in [-0.2, 0) is 9.53 Å². The van der Waals surface area contributed by atoms with E-state index in [1.807, 2.05) is 30.3 Å². The Morgan fingerprint density at radius 3 is 2.51 bits per heavy atom. The Labute approximate surface area is 272 Å². The van der Waals surface area contributed by atoms with Gasteiger partial charge in [0.15, 0.2) is 16.3 Å². The molecule has 11 nitrogen and oxygen atoms in total. The van der Waals surface area contributed by atoms with Crippen molar-refractivity contribution >= 4 is 34.8 Å². The number of fused-ring (bicyclic) bond motifs is 1. The summed E-state index contributed by atoms with van der Waals surface area (Å²) in [6.45, 7) is 3.60. The van der Waals surface area contributed by atoms with Crippen LogP contribution in [0.1, 0.15) is 35.4 Å². The number of rotatable bonds is 9. The Morgan fingerprint density at radius 1 is 1.04 bits per heavy atom. The first-order valence-electron chi connectivity index (χ1n) is 14.6. The largest absolute Gasteiger partial charge is 0.493 e. The average molecular weight is 652 g/mol. The number of nitro benzene ring substituents is 1. The second-order valence-corrected chi connectivity index (χ2v) is 11.5. The Bertz CT molecular complexity index is 2230. The van der Waals surface area contributed by atoms with Gasteiger partial charge in [0.05, 0.1) is 53.2 Å². The standard InChI is InChI=1S/C35H29N3O8S/c1-5-45-34(40)30-31(21-9-7-6-8-10-21)36-35-37(32(30)22-12-15-27(43-3)28(18-22)44-4)33(39)29(47-35)19-23-13-16-26(46-23)24-14-11-20(2)17-25(24)38(41)42/h6-19,32H,5H2,1-4H3/b29-19-/t32-/m0/s1. The Balaban J connectivity index is 1.57. The molecule has 0 bridgehead atoms. The molecule has 1 atom stereocenters. The van der Waals surface area contributed by atoms with Crippen LogP contribution in [-0.4, -0.2) is 36.3 Å². The minimum atomic E-state index is -0.926. The molecular weight excluding hydrogens is 622 g/mol.